The fourth-order valence-electron chi connectivity index (χ4n) is 0.873. The van der Waals surface area contributed by atoms with Crippen molar-refractivity contribution in [1.29, 1.82) is 0 Å². The lowest BCUT2D eigenvalue weighted by molar-refractivity contribution is -0.178. The normalized spacial score (nSPS) is 12.6. The van der Waals surface area contributed by atoms with Gasteiger partial charge in [0, 0.05) is 13.7 Å². The lowest BCUT2D eigenvalue weighted by Gasteiger charge is -2.17. The molecule has 0 spiro atoms. The van der Waals surface area contributed by atoms with Crippen molar-refractivity contribution in [3.63, 3.8) is 0 Å². The third-order valence-electron chi connectivity index (χ3n) is 1.75. The van der Waals surface area contributed by atoms with E-state index in [9.17, 15) is 9.90 Å². The molecule has 0 rings (SSSR count). The minimum absolute atomic E-state index is 0.0844. The molecule has 1 atom stereocenters. The standard InChI is InChI=1S/C8H17NO4/c1-9(13-2)8(12)7(11)5-3-4-6-10/h7,10-11H,3-6H2,1-2H3. The van der Waals surface area contributed by atoms with Crippen LogP contribution in [-0.2, 0) is 9.63 Å². The van der Waals surface area contributed by atoms with Crippen LogP contribution in [0, 0.1) is 0 Å². The molecule has 0 aliphatic rings. The van der Waals surface area contributed by atoms with Gasteiger partial charge in [-0.1, -0.05) is 0 Å². The highest BCUT2D eigenvalue weighted by molar-refractivity contribution is 5.79. The lowest BCUT2D eigenvalue weighted by atomic mass is 10.1. The fraction of sp³-hybridized carbons (Fsp3) is 0.875. The molecule has 5 nitrogen and oxygen atoms in total. The van der Waals surface area contributed by atoms with Gasteiger partial charge in [-0.25, -0.2) is 5.06 Å². The van der Waals surface area contributed by atoms with Gasteiger partial charge in [-0.05, 0) is 19.3 Å². The zero-order valence-corrected chi connectivity index (χ0v) is 8.06. The van der Waals surface area contributed by atoms with E-state index in [1.807, 2.05) is 0 Å². The van der Waals surface area contributed by atoms with Gasteiger partial charge in [0.05, 0.1) is 7.11 Å². The molecule has 0 saturated heterocycles. The first-order valence-corrected chi connectivity index (χ1v) is 4.24. The van der Waals surface area contributed by atoms with Gasteiger partial charge in [0.1, 0.15) is 6.10 Å². The number of aliphatic hydroxyl groups excluding tert-OH is 2. The van der Waals surface area contributed by atoms with Crippen LogP contribution in [-0.4, -0.2) is 48.1 Å². The number of amides is 1. The number of hydrogen-bond donors (Lipinski definition) is 2. The molecule has 1 unspecified atom stereocenters. The van der Waals surface area contributed by atoms with Crippen LogP contribution in [0.25, 0.3) is 0 Å². The van der Waals surface area contributed by atoms with E-state index in [0.29, 0.717) is 19.3 Å². The predicted octanol–water partition coefficient (Wildman–Crippen LogP) is -0.470. The fourth-order valence-corrected chi connectivity index (χ4v) is 0.873. The molecule has 0 aromatic carbocycles. The van der Waals surface area contributed by atoms with Gasteiger partial charge >= 0.3 is 0 Å². The van der Waals surface area contributed by atoms with Crippen molar-refractivity contribution in [3.8, 4) is 0 Å². The molecule has 1 amide bonds. The zero-order valence-electron chi connectivity index (χ0n) is 8.06. The molecule has 5 heteroatoms. The highest BCUT2D eigenvalue weighted by Gasteiger charge is 2.18. The second-order valence-electron chi connectivity index (χ2n) is 2.75. The van der Waals surface area contributed by atoms with E-state index in [1.165, 1.54) is 14.2 Å². The number of carbonyl (C=O) groups is 1. The van der Waals surface area contributed by atoms with Crippen molar-refractivity contribution in [3.05, 3.63) is 0 Å². The van der Waals surface area contributed by atoms with Crippen LogP contribution in [0.15, 0.2) is 0 Å². The molecule has 0 heterocycles. The molecule has 0 bridgehead atoms. The summed E-state index contributed by atoms with van der Waals surface area (Å²) in [5.41, 5.74) is 0. The highest BCUT2D eigenvalue weighted by Crippen LogP contribution is 2.03. The topological polar surface area (TPSA) is 70.0 Å². The van der Waals surface area contributed by atoms with Crippen molar-refractivity contribution in [2.24, 2.45) is 0 Å². The quantitative estimate of drug-likeness (QED) is 0.440. The maximum absolute atomic E-state index is 11.2. The summed E-state index contributed by atoms with van der Waals surface area (Å²) in [5.74, 6) is -0.458. The molecule has 2 N–H and O–H groups in total. The summed E-state index contributed by atoms with van der Waals surface area (Å²) >= 11 is 0. The van der Waals surface area contributed by atoms with Crippen LogP contribution in [0.4, 0.5) is 0 Å². The van der Waals surface area contributed by atoms with Crippen LogP contribution < -0.4 is 0 Å². The Balaban J connectivity index is 3.69. The Morgan fingerprint density at radius 3 is 2.62 bits per heavy atom. The van der Waals surface area contributed by atoms with Crippen LogP contribution >= 0.6 is 0 Å². The van der Waals surface area contributed by atoms with Crippen LogP contribution in [0.3, 0.4) is 0 Å². The average molecular weight is 191 g/mol. The summed E-state index contributed by atoms with van der Waals surface area (Å²) in [5, 5.41) is 18.8. The Hall–Kier alpha value is -0.650. The molecule has 0 aliphatic heterocycles. The Labute approximate surface area is 77.9 Å². The van der Waals surface area contributed by atoms with Gasteiger partial charge in [0.25, 0.3) is 5.91 Å². The maximum Gasteiger partial charge on any atom is 0.274 e. The Kier molecular flexibility index (Phi) is 6.48. The Morgan fingerprint density at radius 1 is 1.54 bits per heavy atom. The van der Waals surface area contributed by atoms with Crippen molar-refractivity contribution in [2.75, 3.05) is 20.8 Å². The predicted molar refractivity (Wildman–Crippen MR) is 46.7 cm³/mol. The molecule has 0 saturated carbocycles. The van der Waals surface area contributed by atoms with Crippen molar-refractivity contribution >= 4 is 5.91 Å². The van der Waals surface area contributed by atoms with Gasteiger partial charge in [-0.2, -0.15) is 0 Å². The van der Waals surface area contributed by atoms with Gasteiger partial charge in [0.2, 0.25) is 0 Å². The summed E-state index contributed by atoms with van der Waals surface area (Å²) in [7, 11) is 2.80. The molecule has 0 aliphatic carbocycles. The third-order valence-corrected chi connectivity index (χ3v) is 1.75. The van der Waals surface area contributed by atoms with Crippen molar-refractivity contribution < 1.29 is 19.8 Å². The smallest absolute Gasteiger partial charge is 0.274 e. The van der Waals surface area contributed by atoms with E-state index >= 15 is 0 Å². The molecular formula is C8H17NO4. The van der Waals surface area contributed by atoms with E-state index in [0.717, 1.165) is 5.06 Å². The minimum Gasteiger partial charge on any atom is -0.396 e. The molecule has 0 aromatic rings. The Bertz CT molecular complexity index is 151. The van der Waals surface area contributed by atoms with Gasteiger partial charge in [0.15, 0.2) is 0 Å². The summed E-state index contributed by atoms with van der Waals surface area (Å²) in [6.45, 7) is 0.0844. The third kappa shape index (κ3) is 4.82. The summed E-state index contributed by atoms with van der Waals surface area (Å²) in [4.78, 5) is 15.8. The first kappa shape index (κ1) is 12.3. The summed E-state index contributed by atoms with van der Waals surface area (Å²) < 4.78 is 0. The number of hydroxylamine groups is 2. The van der Waals surface area contributed by atoms with E-state index in [2.05, 4.69) is 4.84 Å². The second kappa shape index (κ2) is 6.82. The summed E-state index contributed by atoms with van der Waals surface area (Å²) in [6.07, 6.45) is 0.547. The Morgan fingerprint density at radius 2 is 2.15 bits per heavy atom. The number of nitrogens with zero attached hydrogens (tertiary/aromatic N) is 1. The first-order chi connectivity index (χ1) is 6.13. The molecule has 0 fully saturated rings. The average Bonchev–Trinajstić information content (AvgIpc) is 2.15. The van der Waals surface area contributed by atoms with Crippen LogP contribution in [0.5, 0.6) is 0 Å². The number of likely N-dealkylation sites (N-methyl/N-ethyl adjacent to an activating group) is 1. The molecular weight excluding hydrogens is 174 g/mol. The minimum atomic E-state index is -1.03. The number of unbranched alkanes of at least 4 members (excludes halogenated alkanes) is 1. The van der Waals surface area contributed by atoms with Gasteiger partial charge in [-0.15, -0.1) is 0 Å². The molecule has 0 radical (unpaired) electrons. The van der Waals surface area contributed by atoms with Gasteiger partial charge < -0.3 is 10.2 Å². The first-order valence-electron chi connectivity index (χ1n) is 4.24. The number of carbonyl (C=O) groups excluding carboxylic acids is 1. The van der Waals surface area contributed by atoms with E-state index in [1.54, 1.807) is 0 Å². The zero-order chi connectivity index (χ0) is 10.3. The second-order valence-corrected chi connectivity index (χ2v) is 2.75. The van der Waals surface area contributed by atoms with Crippen molar-refractivity contribution in [2.45, 2.75) is 25.4 Å². The number of hydrogen-bond acceptors (Lipinski definition) is 4. The van der Waals surface area contributed by atoms with E-state index in [-0.39, 0.29) is 6.61 Å². The molecule has 0 aromatic heterocycles. The monoisotopic (exact) mass is 191 g/mol. The molecule has 13 heavy (non-hydrogen) atoms. The van der Waals surface area contributed by atoms with E-state index < -0.39 is 12.0 Å². The van der Waals surface area contributed by atoms with Crippen LogP contribution in [0.2, 0.25) is 0 Å². The lowest BCUT2D eigenvalue weighted by Crippen LogP contribution is -2.35. The van der Waals surface area contributed by atoms with E-state index in [4.69, 9.17) is 5.11 Å². The SMILES string of the molecule is CON(C)C(=O)C(O)CCCCO. The largest absolute Gasteiger partial charge is 0.396 e. The van der Waals surface area contributed by atoms with Crippen LogP contribution in [0.1, 0.15) is 19.3 Å². The maximum atomic E-state index is 11.2. The van der Waals surface area contributed by atoms with Crippen molar-refractivity contribution in [1.82, 2.24) is 5.06 Å². The number of aliphatic hydroxyl groups is 2. The molecule has 78 valence electrons. The summed E-state index contributed by atoms with van der Waals surface area (Å²) in [6, 6.07) is 0. The highest BCUT2D eigenvalue weighted by atomic mass is 16.7. The number of rotatable bonds is 6. The van der Waals surface area contributed by atoms with Gasteiger partial charge in [-0.3, -0.25) is 9.63 Å².